The second kappa shape index (κ2) is 4.41. The zero-order chi connectivity index (χ0) is 12.4. The molecule has 0 spiro atoms. The van der Waals surface area contributed by atoms with Crippen LogP contribution in [0.3, 0.4) is 0 Å². The fourth-order valence-electron chi connectivity index (χ4n) is 1.63. The van der Waals surface area contributed by atoms with Crippen molar-refractivity contribution in [3.05, 3.63) is 50.3 Å². The van der Waals surface area contributed by atoms with E-state index in [1.54, 1.807) is 6.92 Å². The Morgan fingerprint density at radius 3 is 2.65 bits per heavy atom. The van der Waals surface area contributed by atoms with E-state index in [2.05, 4.69) is 5.32 Å². The van der Waals surface area contributed by atoms with Crippen molar-refractivity contribution in [2.75, 3.05) is 11.9 Å². The Morgan fingerprint density at radius 1 is 1.24 bits per heavy atom. The average molecular weight is 231 g/mol. The van der Waals surface area contributed by atoms with Gasteiger partial charge in [-0.3, -0.25) is 9.59 Å². The molecule has 17 heavy (non-hydrogen) atoms. The molecule has 0 amide bonds. The lowest BCUT2D eigenvalue weighted by Crippen LogP contribution is -2.35. The van der Waals surface area contributed by atoms with E-state index in [9.17, 15) is 9.59 Å². The highest BCUT2D eigenvalue weighted by atomic mass is 16.5. The summed E-state index contributed by atoms with van der Waals surface area (Å²) in [6, 6.07) is 7.56. The molecule has 2 aromatic rings. The highest BCUT2D eigenvalue weighted by Crippen LogP contribution is 2.22. The van der Waals surface area contributed by atoms with Crippen molar-refractivity contribution in [1.82, 2.24) is 0 Å². The number of ether oxygens (including phenoxy) is 1. The molecule has 0 heterocycles. The molecule has 1 N–H and O–H groups in total. The van der Waals surface area contributed by atoms with Crippen molar-refractivity contribution in [3.8, 4) is 5.75 Å². The average Bonchev–Trinajstić information content (AvgIpc) is 2.33. The Hall–Kier alpha value is -2.10. The minimum Gasteiger partial charge on any atom is -0.488 e. The molecule has 4 heteroatoms. The van der Waals surface area contributed by atoms with Gasteiger partial charge in [-0.2, -0.15) is 0 Å². The van der Waals surface area contributed by atoms with Gasteiger partial charge in [0.15, 0.2) is 5.75 Å². The van der Waals surface area contributed by atoms with Crippen LogP contribution in [0.5, 0.6) is 5.75 Å². The van der Waals surface area contributed by atoms with Crippen LogP contribution in [-0.2, 0) is 0 Å². The van der Waals surface area contributed by atoms with E-state index < -0.39 is 10.9 Å². The standard InChI is InChI=1S/C13H13NO3/c1-3-17-13-10(11(15)12(13)16)14-9-6-4-5-8(2)7-9/h4-7,14H,3H2,1-2H3. The molecule has 4 nitrogen and oxygen atoms in total. The Bertz CT molecular complexity index is 609. The largest absolute Gasteiger partial charge is 0.488 e. The molecule has 2 aromatic carbocycles. The molecule has 0 bridgehead atoms. The lowest BCUT2D eigenvalue weighted by atomic mass is 10.2. The Balaban J connectivity index is 2.28. The topological polar surface area (TPSA) is 55.4 Å². The van der Waals surface area contributed by atoms with Gasteiger partial charge in [0.1, 0.15) is 5.69 Å². The van der Waals surface area contributed by atoms with Crippen LogP contribution in [0.4, 0.5) is 11.4 Å². The molecule has 0 aromatic heterocycles. The molecular weight excluding hydrogens is 218 g/mol. The third kappa shape index (κ3) is 2.06. The lowest BCUT2D eigenvalue weighted by Gasteiger charge is -2.13. The molecule has 0 saturated heterocycles. The molecule has 0 radical (unpaired) electrons. The summed E-state index contributed by atoms with van der Waals surface area (Å²) in [4.78, 5) is 22.6. The number of hydrogen-bond acceptors (Lipinski definition) is 4. The molecule has 2 rings (SSSR count). The van der Waals surface area contributed by atoms with Crippen LogP contribution in [0, 0.1) is 6.92 Å². The van der Waals surface area contributed by atoms with Crippen LogP contribution < -0.4 is 20.9 Å². The second-order valence-corrected chi connectivity index (χ2v) is 3.79. The first-order valence-electron chi connectivity index (χ1n) is 5.43. The van der Waals surface area contributed by atoms with Gasteiger partial charge in [0.2, 0.25) is 0 Å². The molecule has 0 unspecified atom stereocenters. The summed E-state index contributed by atoms with van der Waals surface area (Å²) >= 11 is 0. The minimum atomic E-state index is -0.554. The molecular formula is C13H13NO3. The van der Waals surface area contributed by atoms with Gasteiger partial charge in [-0.25, -0.2) is 0 Å². The monoisotopic (exact) mass is 231 g/mol. The molecule has 88 valence electrons. The van der Waals surface area contributed by atoms with Crippen molar-refractivity contribution >= 4 is 11.4 Å². The van der Waals surface area contributed by atoms with E-state index in [0.717, 1.165) is 11.3 Å². The Morgan fingerprint density at radius 2 is 2.00 bits per heavy atom. The van der Waals surface area contributed by atoms with Crippen molar-refractivity contribution in [1.29, 1.82) is 0 Å². The molecule has 0 atom stereocenters. The van der Waals surface area contributed by atoms with Crippen LogP contribution >= 0.6 is 0 Å². The van der Waals surface area contributed by atoms with E-state index in [-0.39, 0.29) is 11.4 Å². The van der Waals surface area contributed by atoms with Crippen molar-refractivity contribution in [2.24, 2.45) is 0 Å². The number of hydrogen-bond donors (Lipinski definition) is 1. The summed E-state index contributed by atoms with van der Waals surface area (Å²) in [5, 5.41) is 2.92. The third-order valence-electron chi connectivity index (χ3n) is 2.44. The molecule has 0 saturated carbocycles. The summed E-state index contributed by atoms with van der Waals surface area (Å²) in [6.07, 6.45) is 0. The normalized spacial score (nSPS) is 10.5. The molecule has 0 aliphatic heterocycles. The quantitative estimate of drug-likeness (QED) is 0.814. The number of nitrogens with one attached hydrogen (secondary N) is 1. The Labute approximate surface area is 98.5 Å². The first kappa shape index (κ1) is 11.4. The smallest absolute Gasteiger partial charge is 0.272 e. The van der Waals surface area contributed by atoms with Gasteiger partial charge in [0.05, 0.1) is 6.61 Å². The van der Waals surface area contributed by atoms with E-state index in [0.29, 0.717) is 6.61 Å². The van der Waals surface area contributed by atoms with E-state index in [1.165, 1.54) is 0 Å². The maximum Gasteiger partial charge on any atom is 0.272 e. The minimum absolute atomic E-state index is 0.138. The molecule has 0 aliphatic carbocycles. The van der Waals surface area contributed by atoms with Crippen LogP contribution in [0.25, 0.3) is 0 Å². The highest BCUT2D eigenvalue weighted by molar-refractivity contribution is 5.70. The summed E-state index contributed by atoms with van der Waals surface area (Å²) in [6.45, 7) is 4.09. The Kier molecular flexibility index (Phi) is 2.95. The number of benzene rings is 1. The first-order chi connectivity index (χ1) is 8.13. The van der Waals surface area contributed by atoms with Gasteiger partial charge in [0.25, 0.3) is 10.9 Å². The number of anilines is 2. The zero-order valence-electron chi connectivity index (χ0n) is 9.74. The maximum absolute atomic E-state index is 11.4. The van der Waals surface area contributed by atoms with Crippen LogP contribution in [0.1, 0.15) is 12.5 Å². The van der Waals surface area contributed by atoms with Gasteiger partial charge in [0, 0.05) is 5.69 Å². The fourth-order valence-corrected chi connectivity index (χ4v) is 1.63. The van der Waals surface area contributed by atoms with Crippen LogP contribution in [0.2, 0.25) is 0 Å². The van der Waals surface area contributed by atoms with Crippen molar-refractivity contribution < 1.29 is 4.74 Å². The summed E-state index contributed by atoms with van der Waals surface area (Å²) < 4.78 is 5.12. The number of rotatable bonds is 4. The van der Waals surface area contributed by atoms with Gasteiger partial charge < -0.3 is 10.1 Å². The molecule has 0 aliphatic rings. The van der Waals surface area contributed by atoms with Gasteiger partial charge in [-0.1, -0.05) is 12.1 Å². The van der Waals surface area contributed by atoms with Gasteiger partial charge >= 0.3 is 0 Å². The summed E-state index contributed by atoms with van der Waals surface area (Å²) in [5.74, 6) is 0.138. The van der Waals surface area contributed by atoms with Gasteiger partial charge in [-0.05, 0) is 31.5 Å². The van der Waals surface area contributed by atoms with Crippen molar-refractivity contribution in [2.45, 2.75) is 13.8 Å². The summed E-state index contributed by atoms with van der Waals surface area (Å²) in [5.41, 5.74) is 1.03. The second-order valence-electron chi connectivity index (χ2n) is 3.79. The first-order valence-corrected chi connectivity index (χ1v) is 5.43. The fraction of sp³-hybridized carbons (Fsp3) is 0.231. The zero-order valence-corrected chi connectivity index (χ0v) is 9.74. The van der Waals surface area contributed by atoms with Crippen LogP contribution in [-0.4, -0.2) is 6.61 Å². The van der Waals surface area contributed by atoms with E-state index in [1.807, 2.05) is 31.2 Å². The predicted octanol–water partition coefficient (Wildman–Crippen LogP) is 1.73. The number of aryl methyl sites for hydroxylation is 1. The van der Waals surface area contributed by atoms with E-state index >= 15 is 0 Å². The van der Waals surface area contributed by atoms with E-state index in [4.69, 9.17) is 4.74 Å². The SMILES string of the molecule is CCOc1c(Nc2cccc(C)c2)c(=O)c1=O. The molecule has 0 fully saturated rings. The van der Waals surface area contributed by atoms with Crippen LogP contribution in [0.15, 0.2) is 33.9 Å². The van der Waals surface area contributed by atoms with Crippen molar-refractivity contribution in [3.63, 3.8) is 0 Å². The lowest BCUT2D eigenvalue weighted by molar-refractivity contribution is 0.335. The predicted molar refractivity (Wildman–Crippen MR) is 67.0 cm³/mol. The highest BCUT2D eigenvalue weighted by Gasteiger charge is 2.22. The summed E-state index contributed by atoms with van der Waals surface area (Å²) in [7, 11) is 0. The van der Waals surface area contributed by atoms with Gasteiger partial charge in [-0.15, -0.1) is 0 Å². The third-order valence-corrected chi connectivity index (χ3v) is 2.44. The maximum atomic E-state index is 11.4.